The molecule has 5 aromatic heterocycles. The van der Waals surface area contributed by atoms with E-state index in [0.717, 1.165) is 93.6 Å². The minimum atomic E-state index is 0.507. The fourth-order valence-corrected chi connectivity index (χ4v) is 9.75. The molecule has 0 fully saturated rings. The van der Waals surface area contributed by atoms with Crippen LogP contribution in [0.5, 0.6) is 0 Å². The van der Waals surface area contributed by atoms with Crippen LogP contribution in [0.2, 0.25) is 0 Å². The van der Waals surface area contributed by atoms with Crippen molar-refractivity contribution in [1.29, 1.82) is 0 Å². The number of hydrogen-bond acceptors (Lipinski definition) is 7. The van der Waals surface area contributed by atoms with Gasteiger partial charge in [0.1, 0.15) is 33.5 Å². The summed E-state index contributed by atoms with van der Waals surface area (Å²) in [5.41, 5.74) is 9.32. The molecule has 0 spiro atoms. The highest BCUT2D eigenvalue weighted by Crippen LogP contribution is 2.42. The molecule has 58 heavy (non-hydrogen) atoms. The van der Waals surface area contributed by atoms with Gasteiger partial charge in [-0.05, 0) is 60.2 Å². The van der Waals surface area contributed by atoms with Crippen LogP contribution >= 0.6 is 11.3 Å². The molecule has 0 atom stereocenters. The average molecular weight is 762 g/mol. The summed E-state index contributed by atoms with van der Waals surface area (Å²) in [5, 5.41) is 8.80. The number of aromatic nitrogens is 3. The molecule has 5 heterocycles. The van der Waals surface area contributed by atoms with Gasteiger partial charge in [-0.25, -0.2) is 15.0 Å². The third-order valence-corrected chi connectivity index (χ3v) is 12.5. The van der Waals surface area contributed by atoms with Crippen LogP contribution < -0.4 is 0 Å². The molecule has 0 bridgehead atoms. The Morgan fingerprint density at radius 3 is 1.47 bits per heavy atom. The van der Waals surface area contributed by atoms with Crippen LogP contribution in [-0.2, 0) is 0 Å². The third kappa shape index (κ3) is 4.68. The third-order valence-electron chi connectivity index (χ3n) is 11.4. The summed E-state index contributed by atoms with van der Waals surface area (Å²) >= 11 is 1.82. The van der Waals surface area contributed by atoms with Crippen LogP contribution in [0.3, 0.4) is 0 Å². The Hall–Kier alpha value is -7.61. The van der Waals surface area contributed by atoms with E-state index in [1.807, 2.05) is 72.0 Å². The lowest BCUT2D eigenvalue weighted by Crippen LogP contribution is -2.00. The summed E-state index contributed by atoms with van der Waals surface area (Å²) in [6, 6.07) is 56.3. The summed E-state index contributed by atoms with van der Waals surface area (Å²) in [7, 11) is 0. The van der Waals surface area contributed by atoms with Crippen LogP contribution in [0.4, 0.5) is 0 Å². The lowest BCUT2D eigenvalue weighted by atomic mass is 10.0. The van der Waals surface area contributed by atoms with E-state index in [1.54, 1.807) is 0 Å². The van der Waals surface area contributed by atoms with Gasteiger partial charge in [0.2, 0.25) is 0 Å². The topological polar surface area (TPSA) is 78.1 Å². The molecule has 270 valence electrons. The molecular formula is C51H27N3O3S. The highest BCUT2D eigenvalue weighted by atomic mass is 32.1. The van der Waals surface area contributed by atoms with Gasteiger partial charge in [-0.3, -0.25) is 0 Å². The van der Waals surface area contributed by atoms with Crippen molar-refractivity contribution in [3.05, 3.63) is 164 Å². The number of thiophene rings is 1. The van der Waals surface area contributed by atoms with E-state index in [-0.39, 0.29) is 0 Å². The number of furan rings is 3. The minimum Gasteiger partial charge on any atom is -0.456 e. The highest BCUT2D eigenvalue weighted by Gasteiger charge is 2.21. The van der Waals surface area contributed by atoms with Crippen LogP contribution in [0.1, 0.15) is 0 Å². The fourth-order valence-electron chi connectivity index (χ4n) is 8.60. The van der Waals surface area contributed by atoms with Gasteiger partial charge >= 0.3 is 0 Å². The highest BCUT2D eigenvalue weighted by molar-refractivity contribution is 7.25. The Morgan fingerprint density at radius 1 is 0.310 bits per heavy atom. The van der Waals surface area contributed by atoms with Crippen molar-refractivity contribution in [1.82, 2.24) is 15.0 Å². The zero-order chi connectivity index (χ0) is 37.9. The van der Waals surface area contributed by atoms with Crippen molar-refractivity contribution in [3.8, 4) is 45.3 Å². The zero-order valence-corrected chi connectivity index (χ0v) is 31.4. The lowest BCUT2D eigenvalue weighted by molar-refractivity contribution is 0.668. The van der Waals surface area contributed by atoms with Crippen LogP contribution in [0, 0.1) is 0 Å². The normalized spacial score (nSPS) is 12.1. The number of fused-ring (bicyclic) bond motifs is 12. The monoisotopic (exact) mass is 761 g/mol. The number of rotatable bonds is 4. The molecule has 0 aliphatic rings. The largest absolute Gasteiger partial charge is 0.456 e. The fraction of sp³-hybridized carbons (Fsp3) is 0. The first kappa shape index (κ1) is 31.6. The molecule has 13 rings (SSSR count). The standard InChI is InChI=1S/C51H27N3O3S/c1-4-16-41-32(9-1)34-22-20-29(25-43(34)55-41)49-52-50(30-21-23-35-33-10-2-5-17-42(33)56-44(35)26-30)54-51(53-49)40-15-8-14-39-38-13-7-12-31(47(38)57-48(39)40)28-19-24-37-36-11-3-6-18-45(36)58-46(37)27-28/h1-27H. The summed E-state index contributed by atoms with van der Waals surface area (Å²) < 4.78 is 22.1. The second-order valence-electron chi connectivity index (χ2n) is 14.7. The first-order valence-electron chi connectivity index (χ1n) is 19.2. The van der Waals surface area contributed by atoms with Crippen LogP contribution in [-0.4, -0.2) is 15.0 Å². The molecule has 6 nitrogen and oxygen atoms in total. The SMILES string of the molecule is c1ccc2c(c1)oc1cc(-c3nc(-c4ccc5c(c4)oc4ccccc45)nc(-c4cccc5c4oc4c(-c6ccc7c(c6)sc6ccccc67)cccc45)n3)ccc12. The van der Waals surface area contributed by atoms with Gasteiger partial charge in [0.15, 0.2) is 17.5 Å². The second kappa shape index (κ2) is 11.9. The Bertz CT molecular complexity index is 3700. The molecule has 0 aliphatic heterocycles. The van der Waals surface area contributed by atoms with Crippen LogP contribution in [0.25, 0.3) is 131 Å². The van der Waals surface area contributed by atoms with E-state index < -0.39 is 0 Å². The van der Waals surface area contributed by atoms with Crippen LogP contribution in [0.15, 0.2) is 177 Å². The number of nitrogens with zero attached hydrogens (tertiary/aromatic N) is 3. The summed E-state index contributed by atoms with van der Waals surface area (Å²) in [4.78, 5) is 15.4. The van der Waals surface area contributed by atoms with Crippen molar-refractivity contribution in [2.45, 2.75) is 0 Å². The van der Waals surface area contributed by atoms with E-state index in [4.69, 9.17) is 28.2 Å². The molecule has 0 saturated carbocycles. The van der Waals surface area contributed by atoms with Gasteiger partial charge in [0.25, 0.3) is 0 Å². The molecule has 0 unspecified atom stereocenters. The van der Waals surface area contributed by atoms with Crippen molar-refractivity contribution in [2.75, 3.05) is 0 Å². The van der Waals surface area contributed by atoms with Gasteiger partial charge in [-0.15, -0.1) is 11.3 Å². The predicted octanol–water partition coefficient (Wildman–Crippen LogP) is 14.6. The van der Waals surface area contributed by atoms with Gasteiger partial charge < -0.3 is 13.3 Å². The summed E-state index contributed by atoms with van der Waals surface area (Å²) in [5.74, 6) is 1.56. The molecule has 13 aromatic rings. The molecular weight excluding hydrogens is 735 g/mol. The summed E-state index contributed by atoms with van der Waals surface area (Å²) in [6.07, 6.45) is 0. The van der Waals surface area contributed by atoms with E-state index in [0.29, 0.717) is 17.5 Å². The number of para-hydroxylation sites is 4. The smallest absolute Gasteiger partial charge is 0.167 e. The van der Waals surface area contributed by atoms with Crippen molar-refractivity contribution >= 4 is 97.3 Å². The van der Waals surface area contributed by atoms with Gasteiger partial charge in [-0.1, -0.05) is 109 Å². The molecule has 8 aromatic carbocycles. The molecule has 0 saturated heterocycles. The Morgan fingerprint density at radius 2 is 0.793 bits per heavy atom. The van der Waals surface area contributed by atoms with E-state index in [1.165, 1.54) is 20.2 Å². The number of benzene rings is 8. The Labute approximate surface area is 333 Å². The molecule has 0 amide bonds. The lowest BCUT2D eigenvalue weighted by Gasteiger charge is -2.09. The maximum absolute atomic E-state index is 6.94. The predicted molar refractivity (Wildman–Crippen MR) is 236 cm³/mol. The van der Waals surface area contributed by atoms with E-state index in [9.17, 15) is 0 Å². The van der Waals surface area contributed by atoms with E-state index >= 15 is 0 Å². The first-order valence-corrected chi connectivity index (χ1v) is 20.0. The molecule has 0 radical (unpaired) electrons. The first-order chi connectivity index (χ1) is 28.7. The van der Waals surface area contributed by atoms with Crippen molar-refractivity contribution in [3.63, 3.8) is 0 Å². The summed E-state index contributed by atoms with van der Waals surface area (Å²) in [6.45, 7) is 0. The Balaban J connectivity index is 1.01. The molecule has 0 N–H and O–H groups in total. The molecule has 7 heteroatoms. The van der Waals surface area contributed by atoms with E-state index in [2.05, 4.69) is 103 Å². The van der Waals surface area contributed by atoms with Crippen molar-refractivity contribution < 1.29 is 13.3 Å². The van der Waals surface area contributed by atoms with Gasteiger partial charge in [-0.2, -0.15) is 0 Å². The zero-order valence-electron chi connectivity index (χ0n) is 30.6. The maximum Gasteiger partial charge on any atom is 0.167 e. The number of hydrogen-bond donors (Lipinski definition) is 0. The quantitative estimate of drug-likeness (QED) is 0.178. The maximum atomic E-state index is 6.94. The Kier molecular flexibility index (Phi) is 6.50. The minimum absolute atomic E-state index is 0.507. The average Bonchev–Trinajstić information content (AvgIpc) is 4.05. The second-order valence-corrected chi connectivity index (χ2v) is 15.8. The molecule has 0 aliphatic carbocycles. The van der Waals surface area contributed by atoms with Gasteiger partial charge in [0, 0.05) is 69.2 Å². The van der Waals surface area contributed by atoms with Crippen molar-refractivity contribution in [2.24, 2.45) is 0 Å². The van der Waals surface area contributed by atoms with Gasteiger partial charge in [0.05, 0.1) is 5.56 Å².